The predicted octanol–water partition coefficient (Wildman–Crippen LogP) is 0.701. The Bertz CT molecular complexity index is 467. The van der Waals surface area contributed by atoms with Crippen molar-refractivity contribution in [1.29, 1.82) is 0 Å². The van der Waals surface area contributed by atoms with Crippen molar-refractivity contribution in [2.24, 2.45) is 0 Å². The summed E-state index contributed by atoms with van der Waals surface area (Å²) in [5.41, 5.74) is 1.25. The SMILES string of the molecule is O=S(=O)([O-])NC1CCN(Cc2ccccc2)CC1. The van der Waals surface area contributed by atoms with E-state index >= 15 is 0 Å². The van der Waals surface area contributed by atoms with Gasteiger partial charge in [0.1, 0.15) is 0 Å². The van der Waals surface area contributed by atoms with E-state index in [-0.39, 0.29) is 6.04 Å². The molecule has 1 fully saturated rings. The highest BCUT2D eigenvalue weighted by Crippen LogP contribution is 2.14. The Kier molecular flexibility index (Phi) is 4.34. The van der Waals surface area contributed by atoms with Crippen LogP contribution in [0.15, 0.2) is 30.3 Å². The van der Waals surface area contributed by atoms with Crippen molar-refractivity contribution in [3.63, 3.8) is 0 Å². The molecule has 5 nitrogen and oxygen atoms in total. The molecule has 2 rings (SSSR count). The van der Waals surface area contributed by atoms with E-state index in [1.807, 2.05) is 18.2 Å². The second-order valence-corrected chi connectivity index (χ2v) is 5.75. The molecule has 1 aliphatic heterocycles. The van der Waals surface area contributed by atoms with Crippen molar-refractivity contribution in [1.82, 2.24) is 9.62 Å². The molecule has 0 saturated carbocycles. The smallest absolute Gasteiger partial charge is 0.159 e. The summed E-state index contributed by atoms with van der Waals surface area (Å²) in [6.07, 6.45) is 1.38. The van der Waals surface area contributed by atoms with Crippen LogP contribution in [0.25, 0.3) is 0 Å². The van der Waals surface area contributed by atoms with Gasteiger partial charge in [-0.3, -0.25) is 4.90 Å². The summed E-state index contributed by atoms with van der Waals surface area (Å²) in [5, 5.41) is 0. The summed E-state index contributed by atoms with van der Waals surface area (Å²) in [4.78, 5) is 2.27. The summed E-state index contributed by atoms with van der Waals surface area (Å²) in [6.45, 7) is 2.49. The third kappa shape index (κ3) is 4.38. The van der Waals surface area contributed by atoms with E-state index in [1.165, 1.54) is 5.56 Å². The molecule has 0 atom stereocenters. The van der Waals surface area contributed by atoms with Gasteiger partial charge < -0.3 is 4.55 Å². The number of piperidine rings is 1. The molecule has 1 heterocycles. The first-order chi connectivity index (χ1) is 8.53. The highest BCUT2D eigenvalue weighted by atomic mass is 32.2. The molecule has 6 heteroatoms. The fourth-order valence-electron chi connectivity index (χ4n) is 2.25. The molecule has 1 saturated heterocycles. The Labute approximate surface area is 108 Å². The average molecular weight is 269 g/mol. The van der Waals surface area contributed by atoms with Gasteiger partial charge in [0.05, 0.1) is 0 Å². The lowest BCUT2D eigenvalue weighted by Gasteiger charge is -2.32. The Balaban J connectivity index is 1.80. The molecule has 1 aromatic carbocycles. The van der Waals surface area contributed by atoms with Gasteiger partial charge in [0, 0.05) is 25.7 Å². The van der Waals surface area contributed by atoms with E-state index in [4.69, 9.17) is 0 Å². The van der Waals surface area contributed by atoms with Crippen LogP contribution < -0.4 is 4.72 Å². The maximum Gasteiger partial charge on any atom is 0.159 e. The van der Waals surface area contributed by atoms with E-state index in [0.29, 0.717) is 12.8 Å². The first-order valence-corrected chi connectivity index (χ1v) is 7.43. The first-order valence-electron chi connectivity index (χ1n) is 6.02. The molecule has 0 amide bonds. The van der Waals surface area contributed by atoms with Crippen molar-refractivity contribution in [2.45, 2.75) is 25.4 Å². The fourth-order valence-corrected chi connectivity index (χ4v) is 2.90. The molecule has 0 aliphatic carbocycles. The summed E-state index contributed by atoms with van der Waals surface area (Å²) in [5.74, 6) is 0. The van der Waals surface area contributed by atoms with E-state index in [1.54, 1.807) is 0 Å². The Morgan fingerprint density at radius 2 is 1.83 bits per heavy atom. The Hall–Kier alpha value is -0.950. The van der Waals surface area contributed by atoms with Crippen molar-refractivity contribution in [3.05, 3.63) is 35.9 Å². The van der Waals surface area contributed by atoms with Gasteiger partial charge in [-0.2, -0.15) is 0 Å². The molecule has 0 spiro atoms. The van der Waals surface area contributed by atoms with Crippen molar-refractivity contribution in [2.75, 3.05) is 13.1 Å². The number of rotatable bonds is 4. The lowest BCUT2D eigenvalue weighted by Crippen LogP contribution is -2.44. The lowest BCUT2D eigenvalue weighted by atomic mass is 10.1. The molecule has 0 aromatic heterocycles. The molecule has 1 N–H and O–H groups in total. The van der Waals surface area contributed by atoms with E-state index in [0.717, 1.165) is 19.6 Å². The maximum absolute atomic E-state index is 10.6. The topological polar surface area (TPSA) is 72.5 Å². The number of nitrogens with zero attached hydrogens (tertiary/aromatic N) is 1. The Morgan fingerprint density at radius 3 is 2.39 bits per heavy atom. The number of nitrogens with one attached hydrogen (secondary N) is 1. The highest BCUT2D eigenvalue weighted by molar-refractivity contribution is 7.83. The Morgan fingerprint density at radius 1 is 1.22 bits per heavy atom. The quantitative estimate of drug-likeness (QED) is 0.817. The van der Waals surface area contributed by atoms with E-state index in [2.05, 4.69) is 21.8 Å². The zero-order valence-corrected chi connectivity index (χ0v) is 10.9. The standard InChI is InChI=1S/C12H18N2O3S/c15-18(16,17)13-12-6-8-14(9-7-12)10-11-4-2-1-3-5-11/h1-5,12-13H,6-10H2,(H,15,16,17)/p-1. The molecule has 18 heavy (non-hydrogen) atoms. The van der Waals surface area contributed by atoms with Gasteiger partial charge in [-0.25, -0.2) is 13.1 Å². The zero-order valence-electron chi connectivity index (χ0n) is 10.1. The molecule has 100 valence electrons. The minimum Gasteiger partial charge on any atom is -0.735 e. The fraction of sp³-hybridized carbons (Fsp3) is 0.500. The van der Waals surface area contributed by atoms with Gasteiger partial charge in [-0.05, 0) is 18.4 Å². The summed E-state index contributed by atoms with van der Waals surface area (Å²) < 4.78 is 33.9. The lowest BCUT2D eigenvalue weighted by molar-refractivity contribution is 0.198. The summed E-state index contributed by atoms with van der Waals surface area (Å²) in [6, 6.07) is 9.94. The van der Waals surface area contributed by atoms with Crippen LogP contribution in [-0.2, 0) is 16.8 Å². The van der Waals surface area contributed by atoms with Crippen molar-refractivity contribution >= 4 is 10.3 Å². The molecule has 0 radical (unpaired) electrons. The molecule has 0 unspecified atom stereocenters. The number of benzene rings is 1. The summed E-state index contributed by atoms with van der Waals surface area (Å²) in [7, 11) is -4.32. The second-order valence-electron chi connectivity index (χ2n) is 4.61. The largest absolute Gasteiger partial charge is 0.735 e. The molecule has 1 aromatic rings. The molecule has 0 bridgehead atoms. The van der Waals surface area contributed by atoms with Gasteiger partial charge in [0.15, 0.2) is 10.3 Å². The number of likely N-dealkylation sites (tertiary alicyclic amines) is 1. The van der Waals surface area contributed by atoms with Crippen LogP contribution in [-0.4, -0.2) is 37.0 Å². The predicted molar refractivity (Wildman–Crippen MR) is 67.6 cm³/mol. The number of hydrogen-bond donors (Lipinski definition) is 1. The highest BCUT2D eigenvalue weighted by Gasteiger charge is 2.20. The van der Waals surface area contributed by atoms with Crippen LogP contribution in [0.2, 0.25) is 0 Å². The first kappa shape index (κ1) is 13.5. The monoisotopic (exact) mass is 269 g/mol. The van der Waals surface area contributed by atoms with Crippen molar-refractivity contribution in [3.8, 4) is 0 Å². The minimum absolute atomic E-state index is 0.209. The summed E-state index contributed by atoms with van der Waals surface area (Å²) >= 11 is 0. The normalized spacial score (nSPS) is 18.9. The average Bonchev–Trinajstić information content (AvgIpc) is 2.31. The zero-order chi connectivity index (χ0) is 13.0. The molecular formula is C12H17N2O3S-. The minimum atomic E-state index is -4.32. The van der Waals surface area contributed by atoms with Crippen LogP contribution in [0.4, 0.5) is 0 Å². The maximum atomic E-state index is 10.6. The van der Waals surface area contributed by atoms with Crippen LogP contribution in [0.3, 0.4) is 0 Å². The van der Waals surface area contributed by atoms with Gasteiger partial charge in [-0.1, -0.05) is 30.3 Å². The van der Waals surface area contributed by atoms with E-state index < -0.39 is 10.3 Å². The van der Waals surface area contributed by atoms with Crippen molar-refractivity contribution < 1.29 is 13.0 Å². The van der Waals surface area contributed by atoms with Crippen LogP contribution in [0.1, 0.15) is 18.4 Å². The van der Waals surface area contributed by atoms with Crippen LogP contribution in [0, 0.1) is 0 Å². The number of hydrogen-bond acceptors (Lipinski definition) is 4. The third-order valence-electron chi connectivity index (χ3n) is 3.15. The third-order valence-corrected chi connectivity index (χ3v) is 3.77. The second kappa shape index (κ2) is 5.79. The molecule has 1 aliphatic rings. The van der Waals surface area contributed by atoms with Gasteiger partial charge in [0.25, 0.3) is 0 Å². The van der Waals surface area contributed by atoms with Gasteiger partial charge in [-0.15, -0.1) is 0 Å². The molecular weight excluding hydrogens is 252 g/mol. The van der Waals surface area contributed by atoms with Crippen LogP contribution >= 0.6 is 0 Å². The van der Waals surface area contributed by atoms with Crippen LogP contribution in [0.5, 0.6) is 0 Å². The van der Waals surface area contributed by atoms with Gasteiger partial charge >= 0.3 is 0 Å². The van der Waals surface area contributed by atoms with E-state index in [9.17, 15) is 13.0 Å². The van der Waals surface area contributed by atoms with Gasteiger partial charge in [0.2, 0.25) is 0 Å².